The van der Waals surface area contributed by atoms with E-state index in [-0.39, 0.29) is 31.2 Å². The van der Waals surface area contributed by atoms with Gasteiger partial charge in [-0.05, 0) is 55.9 Å². The fourth-order valence-electron chi connectivity index (χ4n) is 4.83. The highest BCUT2D eigenvalue weighted by Crippen LogP contribution is 2.50. The van der Waals surface area contributed by atoms with E-state index in [2.05, 4.69) is 78.4 Å². The SMILES string of the molecule is CCC(N1c2ccccc2Sc2ccc(C(=S)NCCC(C)C)cc21)N1CCC[C@H]1CO.Cl. The van der Waals surface area contributed by atoms with Crippen molar-refractivity contribution in [3.8, 4) is 0 Å². The van der Waals surface area contributed by atoms with E-state index in [0.29, 0.717) is 5.92 Å². The monoisotopic (exact) mass is 505 g/mol. The van der Waals surface area contributed by atoms with Gasteiger partial charge in [0.25, 0.3) is 0 Å². The van der Waals surface area contributed by atoms with Crippen LogP contribution in [0.25, 0.3) is 0 Å². The van der Waals surface area contributed by atoms with Gasteiger partial charge in [0, 0.05) is 34.5 Å². The Bertz CT molecular complexity index is 955. The number of thiocarbonyl (C=S) groups is 1. The molecule has 2 aliphatic rings. The van der Waals surface area contributed by atoms with Gasteiger partial charge in [-0.15, -0.1) is 12.4 Å². The van der Waals surface area contributed by atoms with Gasteiger partial charge in [-0.3, -0.25) is 4.90 Å². The molecule has 0 saturated carbocycles. The summed E-state index contributed by atoms with van der Waals surface area (Å²) in [5.41, 5.74) is 3.54. The molecule has 4 nitrogen and oxygen atoms in total. The molecule has 7 heteroatoms. The molecule has 1 unspecified atom stereocenters. The lowest BCUT2D eigenvalue weighted by Gasteiger charge is -2.44. The van der Waals surface area contributed by atoms with Crippen molar-refractivity contribution in [2.45, 2.75) is 68.5 Å². The molecule has 0 radical (unpaired) electrons. The van der Waals surface area contributed by atoms with Crippen LogP contribution in [-0.2, 0) is 0 Å². The summed E-state index contributed by atoms with van der Waals surface area (Å²) in [6, 6.07) is 15.5. The van der Waals surface area contributed by atoms with Crippen molar-refractivity contribution in [2.75, 3.05) is 24.6 Å². The normalized spacial score (nSPS) is 18.5. The van der Waals surface area contributed by atoms with Gasteiger partial charge in [0.15, 0.2) is 0 Å². The molecule has 2 aromatic rings. The minimum Gasteiger partial charge on any atom is -0.395 e. The van der Waals surface area contributed by atoms with Crippen molar-refractivity contribution in [1.29, 1.82) is 0 Å². The first-order valence-electron chi connectivity index (χ1n) is 11.9. The topological polar surface area (TPSA) is 38.7 Å². The second-order valence-corrected chi connectivity index (χ2v) is 10.7. The smallest absolute Gasteiger partial charge is 0.106 e. The third-order valence-corrected chi connectivity index (χ3v) is 8.02. The number of hydrogen-bond donors (Lipinski definition) is 2. The zero-order valence-corrected chi connectivity index (χ0v) is 22.2. The Morgan fingerprint density at radius 1 is 1.18 bits per heavy atom. The Balaban J connectivity index is 0.00000306. The highest BCUT2D eigenvalue weighted by atomic mass is 35.5. The molecular weight excluding hydrogens is 470 g/mol. The second-order valence-electron chi connectivity index (χ2n) is 9.17. The van der Waals surface area contributed by atoms with Crippen molar-refractivity contribution >= 4 is 52.8 Å². The third-order valence-electron chi connectivity index (χ3n) is 6.51. The molecular formula is C26H36ClN3OS2. The Morgan fingerprint density at radius 3 is 2.67 bits per heavy atom. The molecule has 0 spiro atoms. The number of anilines is 2. The van der Waals surface area contributed by atoms with Gasteiger partial charge in [0.1, 0.15) is 4.99 Å². The summed E-state index contributed by atoms with van der Waals surface area (Å²) < 4.78 is 0. The summed E-state index contributed by atoms with van der Waals surface area (Å²) in [5.74, 6) is 0.655. The standard InChI is InChI=1S/C26H35N3OS2.ClH/c1-4-25(28-15-7-8-20(28)17-30)29-21-9-5-6-10-23(21)32-24-12-11-19(16-22(24)29)26(31)27-14-13-18(2)3;/h5-6,9-12,16,18,20,25,30H,4,7-8,13-15,17H2,1-3H3,(H,27,31);1H/t20-,25?;/m0./s1. The fourth-order valence-corrected chi connectivity index (χ4v) is 6.11. The fraction of sp³-hybridized carbons (Fsp3) is 0.500. The number of aliphatic hydroxyl groups is 1. The van der Waals surface area contributed by atoms with Crippen molar-refractivity contribution in [3.63, 3.8) is 0 Å². The van der Waals surface area contributed by atoms with Gasteiger partial charge in [0.05, 0.1) is 24.1 Å². The van der Waals surface area contributed by atoms with Gasteiger partial charge in [-0.2, -0.15) is 0 Å². The molecule has 4 rings (SSSR count). The Morgan fingerprint density at radius 2 is 1.94 bits per heavy atom. The third kappa shape index (κ3) is 5.68. The number of para-hydroxylation sites is 1. The predicted molar refractivity (Wildman–Crippen MR) is 146 cm³/mol. The van der Waals surface area contributed by atoms with Crippen LogP contribution in [0.4, 0.5) is 11.4 Å². The molecule has 0 aromatic heterocycles. The summed E-state index contributed by atoms with van der Waals surface area (Å²) in [6.45, 7) is 8.87. The first-order valence-corrected chi connectivity index (χ1v) is 13.1. The van der Waals surface area contributed by atoms with Gasteiger partial charge in [-0.1, -0.05) is 63.0 Å². The number of benzene rings is 2. The molecule has 33 heavy (non-hydrogen) atoms. The predicted octanol–water partition coefficient (Wildman–Crippen LogP) is 6.22. The van der Waals surface area contributed by atoms with Crippen molar-refractivity contribution in [1.82, 2.24) is 10.2 Å². The van der Waals surface area contributed by atoms with E-state index in [4.69, 9.17) is 12.2 Å². The van der Waals surface area contributed by atoms with Gasteiger partial charge >= 0.3 is 0 Å². The quantitative estimate of drug-likeness (QED) is 0.415. The molecule has 1 fully saturated rings. The minimum atomic E-state index is 0. The van der Waals surface area contributed by atoms with Crippen LogP contribution in [0.3, 0.4) is 0 Å². The number of aliphatic hydroxyl groups excluding tert-OH is 1. The molecule has 180 valence electrons. The zero-order chi connectivity index (χ0) is 22.7. The first-order chi connectivity index (χ1) is 15.5. The van der Waals surface area contributed by atoms with Crippen LogP contribution in [0, 0.1) is 5.92 Å². The number of halogens is 1. The lowest BCUT2D eigenvalue weighted by atomic mass is 10.1. The first kappa shape index (κ1) is 26.3. The number of hydrogen-bond acceptors (Lipinski definition) is 5. The van der Waals surface area contributed by atoms with Crippen molar-refractivity contribution < 1.29 is 5.11 Å². The van der Waals surface area contributed by atoms with Crippen LogP contribution >= 0.6 is 36.4 Å². The number of likely N-dealkylation sites (tertiary alicyclic amines) is 1. The minimum absolute atomic E-state index is 0. The average molecular weight is 506 g/mol. The number of rotatable bonds is 8. The van der Waals surface area contributed by atoms with Crippen molar-refractivity contribution in [3.05, 3.63) is 48.0 Å². The van der Waals surface area contributed by atoms with E-state index in [1.807, 2.05) is 11.8 Å². The molecule has 1 saturated heterocycles. The van der Waals surface area contributed by atoms with Gasteiger partial charge in [-0.25, -0.2) is 0 Å². The van der Waals surface area contributed by atoms with Crippen LogP contribution in [0.5, 0.6) is 0 Å². The summed E-state index contributed by atoms with van der Waals surface area (Å²) in [6.07, 6.45) is 4.50. The lowest BCUT2D eigenvalue weighted by molar-refractivity contribution is 0.118. The average Bonchev–Trinajstić information content (AvgIpc) is 3.27. The molecule has 2 heterocycles. The maximum absolute atomic E-state index is 10.0. The molecule has 2 aromatic carbocycles. The number of nitrogens with zero attached hydrogens (tertiary/aromatic N) is 2. The highest BCUT2D eigenvalue weighted by molar-refractivity contribution is 7.99. The Hall–Kier alpha value is -1.31. The molecule has 0 amide bonds. The van der Waals surface area contributed by atoms with Crippen LogP contribution < -0.4 is 10.2 Å². The molecule has 2 aliphatic heterocycles. The second kappa shape index (κ2) is 11.9. The number of fused-ring (bicyclic) bond motifs is 2. The number of nitrogens with one attached hydrogen (secondary N) is 1. The van der Waals surface area contributed by atoms with Crippen LogP contribution in [0.2, 0.25) is 0 Å². The van der Waals surface area contributed by atoms with Crippen molar-refractivity contribution in [2.24, 2.45) is 5.92 Å². The van der Waals surface area contributed by atoms with E-state index < -0.39 is 0 Å². The zero-order valence-electron chi connectivity index (χ0n) is 19.8. The molecule has 0 bridgehead atoms. The summed E-state index contributed by atoms with van der Waals surface area (Å²) in [4.78, 5) is 8.36. The van der Waals surface area contributed by atoms with E-state index in [1.54, 1.807) is 0 Å². The summed E-state index contributed by atoms with van der Waals surface area (Å²) in [5, 5.41) is 13.5. The Labute approximate surface area is 214 Å². The van der Waals surface area contributed by atoms with Crippen LogP contribution in [0.1, 0.15) is 52.0 Å². The maximum Gasteiger partial charge on any atom is 0.106 e. The van der Waals surface area contributed by atoms with Gasteiger partial charge < -0.3 is 15.3 Å². The molecule has 0 aliphatic carbocycles. The molecule has 2 atom stereocenters. The van der Waals surface area contributed by atoms with E-state index in [9.17, 15) is 5.11 Å². The summed E-state index contributed by atoms with van der Waals surface area (Å²) in [7, 11) is 0. The Kier molecular flexibility index (Phi) is 9.48. The summed E-state index contributed by atoms with van der Waals surface area (Å²) >= 11 is 7.59. The molecule has 2 N–H and O–H groups in total. The van der Waals surface area contributed by atoms with E-state index >= 15 is 0 Å². The van der Waals surface area contributed by atoms with E-state index in [0.717, 1.165) is 49.3 Å². The lowest BCUT2D eigenvalue weighted by Crippen LogP contribution is -2.50. The van der Waals surface area contributed by atoms with Gasteiger partial charge in [0.2, 0.25) is 0 Å². The van der Waals surface area contributed by atoms with E-state index in [1.165, 1.54) is 21.2 Å². The largest absolute Gasteiger partial charge is 0.395 e. The highest BCUT2D eigenvalue weighted by Gasteiger charge is 2.36. The van der Waals surface area contributed by atoms with Crippen LogP contribution in [0.15, 0.2) is 52.3 Å². The maximum atomic E-state index is 10.0. The van der Waals surface area contributed by atoms with Crippen LogP contribution in [-0.4, -0.2) is 46.9 Å².